The molecule has 2 N–H and O–H groups in total. The third-order valence-electron chi connectivity index (χ3n) is 1.98. The van der Waals surface area contributed by atoms with Gasteiger partial charge in [-0.05, 0) is 46.8 Å². The zero-order chi connectivity index (χ0) is 11.3. The minimum Gasteiger partial charge on any atom is -0.355 e. The quantitative estimate of drug-likeness (QED) is 0.872. The number of carbonyl (C=O) groups is 1. The van der Waals surface area contributed by atoms with Crippen molar-refractivity contribution in [3.63, 3.8) is 0 Å². The predicted octanol–water partition coefficient (Wildman–Crippen LogP) is 2.12. The van der Waals surface area contributed by atoms with E-state index in [1.54, 1.807) is 11.3 Å². The minimum atomic E-state index is -0.149. The molecule has 0 saturated carbocycles. The second-order valence-electron chi connectivity index (χ2n) is 3.26. The fraction of sp³-hybridized carbons (Fsp3) is 0.500. The first-order chi connectivity index (χ1) is 7.13. The first-order valence-corrected chi connectivity index (χ1v) is 6.54. The highest BCUT2D eigenvalue weighted by Crippen LogP contribution is 2.20. The number of hydrogen-bond donors (Lipinski definition) is 2. The van der Waals surface area contributed by atoms with Crippen LogP contribution in [0.1, 0.15) is 19.4 Å². The molecular formula is C10H15BrN2OS. The molecule has 84 valence electrons. The fourth-order valence-corrected chi connectivity index (χ4v) is 2.34. The Labute approximate surface area is 102 Å². The summed E-state index contributed by atoms with van der Waals surface area (Å²) in [7, 11) is 0. The van der Waals surface area contributed by atoms with E-state index >= 15 is 0 Å². The Balaban J connectivity index is 2.33. The molecule has 1 aromatic rings. The molecule has 5 heteroatoms. The summed E-state index contributed by atoms with van der Waals surface area (Å²) in [6.45, 7) is 5.18. The third-order valence-corrected chi connectivity index (χ3v) is 3.53. The van der Waals surface area contributed by atoms with Crippen LogP contribution in [0.15, 0.2) is 15.2 Å². The van der Waals surface area contributed by atoms with Crippen molar-refractivity contribution >= 4 is 33.2 Å². The molecule has 0 fully saturated rings. The molecule has 1 atom stereocenters. The number of thiophene rings is 1. The van der Waals surface area contributed by atoms with E-state index in [2.05, 4.69) is 38.0 Å². The topological polar surface area (TPSA) is 41.1 Å². The summed E-state index contributed by atoms with van der Waals surface area (Å²) >= 11 is 5.06. The molecule has 0 saturated heterocycles. The highest BCUT2D eigenvalue weighted by atomic mass is 79.9. The van der Waals surface area contributed by atoms with Crippen LogP contribution in [0.25, 0.3) is 0 Å². The Morgan fingerprint density at radius 2 is 2.40 bits per heavy atom. The molecule has 1 rings (SSSR count). The molecule has 0 aliphatic rings. The summed E-state index contributed by atoms with van der Waals surface area (Å²) in [4.78, 5) is 11.4. The second kappa shape index (κ2) is 6.25. The van der Waals surface area contributed by atoms with Crippen molar-refractivity contribution in [3.05, 3.63) is 20.8 Å². The molecule has 0 aliphatic heterocycles. The standard InChI is InChI=1S/C10H15BrN2OS/c1-3-12-10(14)7(2)13-5-8-4-9(11)15-6-8/h4,6-7,13H,3,5H2,1-2H3,(H,12,14). The van der Waals surface area contributed by atoms with Gasteiger partial charge in [-0.25, -0.2) is 0 Å². The molecule has 1 aromatic heterocycles. The average molecular weight is 291 g/mol. The van der Waals surface area contributed by atoms with Crippen molar-refractivity contribution in [3.8, 4) is 0 Å². The van der Waals surface area contributed by atoms with Gasteiger partial charge < -0.3 is 10.6 Å². The van der Waals surface area contributed by atoms with Gasteiger partial charge in [0.15, 0.2) is 0 Å². The van der Waals surface area contributed by atoms with Crippen molar-refractivity contribution in [2.75, 3.05) is 6.54 Å². The Morgan fingerprint density at radius 1 is 1.67 bits per heavy atom. The summed E-state index contributed by atoms with van der Waals surface area (Å²) in [5, 5.41) is 8.02. The lowest BCUT2D eigenvalue weighted by Gasteiger charge is -2.12. The Hall–Kier alpha value is -0.390. The lowest BCUT2D eigenvalue weighted by Crippen LogP contribution is -2.41. The van der Waals surface area contributed by atoms with E-state index in [0.717, 1.165) is 10.3 Å². The summed E-state index contributed by atoms with van der Waals surface area (Å²) in [5.41, 5.74) is 1.20. The van der Waals surface area contributed by atoms with Gasteiger partial charge in [0.1, 0.15) is 0 Å². The van der Waals surface area contributed by atoms with Crippen LogP contribution in [-0.4, -0.2) is 18.5 Å². The first kappa shape index (κ1) is 12.7. The van der Waals surface area contributed by atoms with Crippen molar-refractivity contribution in [2.45, 2.75) is 26.4 Å². The Kier molecular flexibility index (Phi) is 5.28. The van der Waals surface area contributed by atoms with Crippen LogP contribution in [0, 0.1) is 0 Å². The van der Waals surface area contributed by atoms with Gasteiger partial charge in [0.2, 0.25) is 5.91 Å². The van der Waals surface area contributed by atoms with Gasteiger partial charge in [-0.15, -0.1) is 11.3 Å². The Bertz CT molecular complexity index is 327. The number of rotatable bonds is 5. The number of halogens is 1. The zero-order valence-corrected chi connectivity index (χ0v) is 11.2. The van der Waals surface area contributed by atoms with E-state index in [1.807, 2.05) is 13.8 Å². The van der Waals surface area contributed by atoms with Gasteiger partial charge in [0, 0.05) is 13.1 Å². The van der Waals surface area contributed by atoms with Crippen molar-refractivity contribution < 1.29 is 4.79 Å². The van der Waals surface area contributed by atoms with Crippen molar-refractivity contribution in [2.24, 2.45) is 0 Å². The number of likely N-dealkylation sites (N-methyl/N-ethyl adjacent to an activating group) is 1. The molecule has 0 spiro atoms. The van der Waals surface area contributed by atoms with Gasteiger partial charge in [-0.2, -0.15) is 0 Å². The Morgan fingerprint density at radius 3 is 2.93 bits per heavy atom. The number of amides is 1. The van der Waals surface area contributed by atoms with Crippen LogP contribution in [0.4, 0.5) is 0 Å². The predicted molar refractivity (Wildman–Crippen MR) is 67.0 cm³/mol. The van der Waals surface area contributed by atoms with E-state index in [4.69, 9.17) is 0 Å². The van der Waals surface area contributed by atoms with Gasteiger partial charge in [0.05, 0.1) is 9.83 Å². The smallest absolute Gasteiger partial charge is 0.236 e. The van der Waals surface area contributed by atoms with Crippen LogP contribution in [0.5, 0.6) is 0 Å². The number of hydrogen-bond acceptors (Lipinski definition) is 3. The van der Waals surface area contributed by atoms with Gasteiger partial charge in [-0.1, -0.05) is 0 Å². The molecule has 0 aliphatic carbocycles. The zero-order valence-electron chi connectivity index (χ0n) is 8.84. The molecule has 1 unspecified atom stereocenters. The SMILES string of the molecule is CCNC(=O)C(C)NCc1csc(Br)c1. The van der Waals surface area contributed by atoms with Gasteiger partial charge in [0.25, 0.3) is 0 Å². The highest BCUT2D eigenvalue weighted by Gasteiger charge is 2.10. The van der Waals surface area contributed by atoms with Gasteiger partial charge in [-0.3, -0.25) is 4.79 Å². The summed E-state index contributed by atoms with van der Waals surface area (Å²) in [5.74, 6) is 0.0480. The summed E-state index contributed by atoms with van der Waals surface area (Å²) in [6, 6.07) is 1.91. The molecule has 0 aromatic carbocycles. The minimum absolute atomic E-state index is 0.0480. The summed E-state index contributed by atoms with van der Waals surface area (Å²) < 4.78 is 1.12. The maximum atomic E-state index is 11.4. The molecule has 1 amide bonds. The number of nitrogens with one attached hydrogen (secondary N) is 2. The number of carbonyl (C=O) groups excluding carboxylic acids is 1. The third kappa shape index (κ3) is 4.32. The molecule has 0 radical (unpaired) electrons. The fourth-order valence-electron chi connectivity index (χ4n) is 1.13. The lowest BCUT2D eigenvalue weighted by atomic mass is 10.2. The summed E-state index contributed by atoms with van der Waals surface area (Å²) in [6.07, 6.45) is 0. The normalized spacial score (nSPS) is 12.5. The molecule has 15 heavy (non-hydrogen) atoms. The van der Waals surface area contributed by atoms with E-state index in [1.165, 1.54) is 5.56 Å². The van der Waals surface area contributed by atoms with Crippen LogP contribution >= 0.6 is 27.3 Å². The highest BCUT2D eigenvalue weighted by molar-refractivity contribution is 9.11. The largest absolute Gasteiger partial charge is 0.355 e. The van der Waals surface area contributed by atoms with Crippen molar-refractivity contribution in [1.29, 1.82) is 0 Å². The van der Waals surface area contributed by atoms with Gasteiger partial charge >= 0.3 is 0 Å². The van der Waals surface area contributed by atoms with Crippen LogP contribution in [0.3, 0.4) is 0 Å². The maximum absolute atomic E-state index is 11.4. The molecule has 3 nitrogen and oxygen atoms in total. The maximum Gasteiger partial charge on any atom is 0.236 e. The molecular weight excluding hydrogens is 276 g/mol. The molecule has 0 bridgehead atoms. The second-order valence-corrected chi connectivity index (χ2v) is 5.55. The van der Waals surface area contributed by atoms with Crippen LogP contribution < -0.4 is 10.6 Å². The lowest BCUT2D eigenvalue weighted by molar-refractivity contribution is -0.122. The monoisotopic (exact) mass is 290 g/mol. The van der Waals surface area contributed by atoms with E-state index in [0.29, 0.717) is 6.54 Å². The van der Waals surface area contributed by atoms with Crippen LogP contribution in [-0.2, 0) is 11.3 Å². The van der Waals surface area contributed by atoms with E-state index in [9.17, 15) is 4.79 Å². The van der Waals surface area contributed by atoms with E-state index < -0.39 is 0 Å². The average Bonchev–Trinajstić information content (AvgIpc) is 2.61. The van der Waals surface area contributed by atoms with Crippen LogP contribution in [0.2, 0.25) is 0 Å². The molecule has 1 heterocycles. The first-order valence-electron chi connectivity index (χ1n) is 4.87. The van der Waals surface area contributed by atoms with Crippen molar-refractivity contribution in [1.82, 2.24) is 10.6 Å². The van der Waals surface area contributed by atoms with E-state index in [-0.39, 0.29) is 11.9 Å².